The number of methoxy groups -OCH3 is 1. The Balaban J connectivity index is 1.81. The molecule has 1 aliphatic rings. The van der Waals surface area contributed by atoms with Crippen LogP contribution in [0.2, 0.25) is 0 Å². The maximum absolute atomic E-state index is 13.8. The summed E-state index contributed by atoms with van der Waals surface area (Å²) in [6.45, 7) is 7.10. The molecule has 3 amide bonds. The fourth-order valence-electron chi connectivity index (χ4n) is 5.28. The van der Waals surface area contributed by atoms with Gasteiger partial charge >= 0.3 is 12.1 Å². The number of alkyl carbamates (subject to hydrolysis) is 1. The molecule has 11 nitrogen and oxygen atoms in total. The third kappa shape index (κ3) is 11.6. The smallest absolute Gasteiger partial charge is 0.408 e. The van der Waals surface area contributed by atoms with Gasteiger partial charge in [0.15, 0.2) is 0 Å². The molecule has 0 spiro atoms. The van der Waals surface area contributed by atoms with Crippen LogP contribution in [0.4, 0.5) is 4.79 Å². The molecule has 1 aliphatic carbocycles. The molecule has 1 unspecified atom stereocenters. The molecule has 2 aromatic rings. The standard InChI is InChI=1S/C34H45N3O8/c1-22(45-34(2,3)4)29(37-33(42)44-21-24-15-10-7-11-16-24)31(40)35-26(19-23-13-8-6-9-14-23)30(39)36-27(32(41)43-5)20-25-17-12-18-28(25)38/h6-11,13-16,22,25-27,29H,12,17-21H2,1-5H3,(H,35,40)(H,36,39)(H,37,42)/t22?,25-,26-,27-,29-/m0/s1. The van der Waals surface area contributed by atoms with Crippen LogP contribution in [0.25, 0.3) is 0 Å². The molecule has 1 fully saturated rings. The molecular formula is C34H45N3O8. The zero-order chi connectivity index (χ0) is 33.0. The molecule has 1 saturated carbocycles. The molecule has 244 valence electrons. The zero-order valence-corrected chi connectivity index (χ0v) is 26.7. The average molecular weight is 624 g/mol. The minimum atomic E-state index is -1.23. The van der Waals surface area contributed by atoms with E-state index in [1.807, 2.05) is 57.2 Å². The van der Waals surface area contributed by atoms with Gasteiger partial charge in [-0.25, -0.2) is 9.59 Å². The van der Waals surface area contributed by atoms with E-state index >= 15 is 0 Å². The number of carbonyl (C=O) groups is 5. The van der Waals surface area contributed by atoms with Gasteiger partial charge < -0.3 is 30.2 Å². The summed E-state index contributed by atoms with van der Waals surface area (Å²) in [5, 5.41) is 8.06. The Kier molecular flexibility index (Phi) is 13.1. The lowest BCUT2D eigenvalue weighted by molar-refractivity contribution is -0.146. The van der Waals surface area contributed by atoms with E-state index in [0.717, 1.165) is 17.5 Å². The van der Waals surface area contributed by atoms with Crippen LogP contribution < -0.4 is 16.0 Å². The first-order chi connectivity index (χ1) is 21.4. The first-order valence-corrected chi connectivity index (χ1v) is 15.3. The molecule has 0 heterocycles. The average Bonchev–Trinajstić information content (AvgIpc) is 3.41. The highest BCUT2D eigenvalue weighted by Crippen LogP contribution is 2.26. The number of benzene rings is 2. The van der Waals surface area contributed by atoms with Crippen molar-refractivity contribution in [2.24, 2.45) is 5.92 Å². The lowest BCUT2D eigenvalue weighted by Gasteiger charge is -2.31. The molecule has 0 radical (unpaired) electrons. The van der Waals surface area contributed by atoms with Gasteiger partial charge in [0.05, 0.1) is 18.8 Å². The highest BCUT2D eigenvalue weighted by atomic mass is 16.6. The van der Waals surface area contributed by atoms with Crippen LogP contribution in [0.3, 0.4) is 0 Å². The van der Waals surface area contributed by atoms with Crippen molar-refractivity contribution in [1.82, 2.24) is 16.0 Å². The Morgan fingerprint density at radius 1 is 0.867 bits per heavy atom. The van der Waals surface area contributed by atoms with Gasteiger partial charge in [0.2, 0.25) is 11.8 Å². The van der Waals surface area contributed by atoms with Crippen LogP contribution in [-0.4, -0.2) is 66.6 Å². The van der Waals surface area contributed by atoms with Crippen molar-refractivity contribution in [3.05, 3.63) is 71.8 Å². The molecule has 2 aromatic carbocycles. The highest BCUT2D eigenvalue weighted by molar-refractivity contribution is 5.94. The van der Waals surface area contributed by atoms with Gasteiger partial charge in [-0.15, -0.1) is 0 Å². The van der Waals surface area contributed by atoms with E-state index in [4.69, 9.17) is 14.2 Å². The summed E-state index contributed by atoms with van der Waals surface area (Å²) in [6, 6.07) is 14.7. The highest BCUT2D eigenvalue weighted by Gasteiger charge is 2.36. The number of Topliss-reactive ketones (excluding diaryl/α,β-unsaturated/α-hetero) is 1. The molecular weight excluding hydrogens is 578 g/mol. The second kappa shape index (κ2) is 16.7. The monoisotopic (exact) mass is 623 g/mol. The van der Waals surface area contributed by atoms with Gasteiger partial charge in [0, 0.05) is 18.8 Å². The van der Waals surface area contributed by atoms with Crippen molar-refractivity contribution in [2.75, 3.05) is 7.11 Å². The number of ether oxygens (including phenoxy) is 3. The molecule has 5 atom stereocenters. The third-order valence-corrected chi connectivity index (χ3v) is 7.45. The van der Waals surface area contributed by atoms with Crippen LogP contribution in [0.1, 0.15) is 64.5 Å². The van der Waals surface area contributed by atoms with E-state index in [9.17, 15) is 24.0 Å². The number of ketones is 1. The Labute approximate surface area is 264 Å². The van der Waals surface area contributed by atoms with Crippen molar-refractivity contribution in [2.45, 2.75) is 96.2 Å². The number of hydrogen-bond acceptors (Lipinski definition) is 8. The number of nitrogens with one attached hydrogen (secondary N) is 3. The summed E-state index contributed by atoms with van der Waals surface area (Å²) in [6.07, 6.45) is 0.355. The van der Waals surface area contributed by atoms with E-state index in [1.54, 1.807) is 31.2 Å². The topological polar surface area (TPSA) is 149 Å². The van der Waals surface area contributed by atoms with Crippen LogP contribution in [0.5, 0.6) is 0 Å². The van der Waals surface area contributed by atoms with Crippen molar-refractivity contribution in [3.8, 4) is 0 Å². The van der Waals surface area contributed by atoms with Crippen molar-refractivity contribution >= 4 is 29.7 Å². The molecule has 0 aliphatic heterocycles. The Hall–Kier alpha value is -4.25. The molecule has 3 rings (SSSR count). The minimum Gasteiger partial charge on any atom is -0.467 e. The van der Waals surface area contributed by atoms with Crippen molar-refractivity contribution in [1.29, 1.82) is 0 Å². The molecule has 11 heteroatoms. The van der Waals surface area contributed by atoms with Crippen LogP contribution in [0, 0.1) is 5.92 Å². The van der Waals surface area contributed by atoms with Gasteiger partial charge in [0.1, 0.15) is 30.5 Å². The Morgan fingerprint density at radius 2 is 1.47 bits per heavy atom. The summed E-state index contributed by atoms with van der Waals surface area (Å²) in [7, 11) is 1.21. The van der Waals surface area contributed by atoms with E-state index in [0.29, 0.717) is 12.8 Å². The van der Waals surface area contributed by atoms with E-state index in [2.05, 4.69) is 16.0 Å². The maximum Gasteiger partial charge on any atom is 0.408 e. The van der Waals surface area contributed by atoms with Gasteiger partial charge in [-0.05, 0) is 58.1 Å². The maximum atomic E-state index is 13.8. The number of rotatable bonds is 14. The predicted molar refractivity (Wildman–Crippen MR) is 167 cm³/mol. The van der Waals surface area contributed by atoms with Gasteiger partial charge in [-0.1, -0.05) is 60.7 Å². The Bertz CT molecular complexity index is 1300. The first kappa shape index (κ1) is 35.2. The van der Waals surface area contributed by atoms with Crippen molar-refractivity contribution < 1.29 is 38.2 Å². The summed E-state index contributed by atoms with van der Waals surface area (Å²) < 4.78 is 16.3. The molecule has 45 heavy (non-hydrogen) atoms. The largest absolute Gasteiger partial charge is 0.467 e. The molecule has 0 bridgehead atoms. The summed E-state index contributed by atoms with van der Waals surface area (Å²) in [4.78, 5) is 65.3. The molecule has 3 N–H and O–H groups in total. The number of amides is 3. The first-order valence-electron chi connectivity index (χ1n) is 15.3. The summed E-state index contributed by atoms with van der Waals surface area (Å²) in [5.74, 6) is -2.31. The van der Waals surface area contributed by atoms with Gasteiger partial charge in [0.25, 0.3) is 0 Å². The number of hydrogen-bond donors (Lipinski definition) is 3. The lowest BCUT2D eigenvalue weighted by Crippen LogP contribution is -2.59. The number of carbonyl (C=O) groups excluding carboxylic acids is 5. The van der Waals surface area contributed by atoms with Crippen LogP contribution in [-0.2, 0) is 46.4 Å². The fraction of sp³-hybridized carbons (Fsp3) is 0.500. The van der Waals surface area contributed by atoms with Crippen molar-refractivity contribution in [3.63, 3.8) is 0 Å². The second-order valence-electron chi connectivity index (χ2n) is 12.2. The van der Waals surface area contributed by atoms with E-state index < -0.39 is 53.7 Å². The van der Waals surface area contributed by atoms with Crippen LogP contribution in [0.15, 0.2) is 60.7 Å². The van der Waals surface area contributed by atoms with Gasteiger partial charge in [-0.2, -0.15) is 0 Å². The SMILES string of the molecule is COC(=O)[C@H](C[C@@H]1CCCC1=O)NC(=O)[C@H](Cc1ccccc1)NC(=O)[C@@H](NC(=O)OCc1ccccc1)C(C)OC(C)(C)C. The zero-order valence-electron chi connectivity index (χ0n) is 26.7. The summed E-state index contributed by atoms with van der Waals surface area (Å²) in [5.41, 5.74) is 0.871. The Morgan fingerprint density at radius 3 is 2.02 bits per heavy atom. The van der Waals surface area contributed by atoms with E-state index in [1.165, 1.54) is 7.11 Å². The number of esters is 1. The second-order valence-corrected chi connectivity index (χ2v) is 12.2. The summed E-state index contributed by atoms with van der Waals surface area (Å²) >= 11 is 0. The third-order valence-electron chi connectivity index (χ3n) is 7.45. The fourth-order valence-corrected chi connectivity index (χ4v) is 5.28. The molecule has 0 saturated heterocycles. The normalized spacial score (nSPS) is 17.4. The predicted octanol–water partition coefficient (Wildman–Crippen LogP) is 3.63. The molecule has 0 aromatic heterocycles. The minimum absolute atomic E-state index is 0.00697. The lowest BCUT2D eigenvalue weighted by atomic mass is 9.96. The van der Waals surface area contributed by atoms with Gasteiger partial charge in [-0.3, -0.25) is 14.4 Å². The van der Waals surface area contributed by atoms with E-state index in [-0.39, 0.29) is 31.1 Å². The van der Waals surface area contributed by atoms with Crippen LogP contribution >= 0.6 is 0 Å². The quantitative estimate of drug-likeness (QED) is 0.270.